The molecule has 6 nitrogen and oxygen atoms in total. The molecule has 0 unspecified atom stereocenters. The van der Waals surface area contributed by atoms with Crippen molar-refractivity contribution in [2.45, 2.75) is 64.9 Å². The number of benzene rings is 2. The van der Waals surface area contributed by atoms with E-state index in [0.717, 1.165) is 29.5 Å². The minimum Gasteiger partial charge on any atom is -0.496 e. The van der Waals surface area contributed by atoms with E-state index in [4.69, 9.17) is 25.8 Å². The van der Waals surface area contributed by atoms with Crippen molar-refractivity contribution in [2.24, 2.45) is 5.41 Å². The van der Waals surface area contributed by atoms with Gasteiger partial charge >= 0.3 is 12.1 Å². The first-order valence-electron chi connectivity index (χ1n) is 11.8. The predicted octanol–water partition coefficient (Wildman–Crippen LogP) is 6.13. The molecule has 188 valence electrons. The number of esters is 1. The Morgan fingerprint density at radius 3 is 2.09 bits per heavy atom. The number of rotatable bonds is 11. The molecule has 0 bridgehead atoms. The molecule has 2 aromatic carbocycles. The van der Waals surface area contributed by atoms with Crippen LogP contribution in [0.4, 0.5) is 4.79 Å². The van der Waals surface area contributed by atoms with Crippen LogP contribution in [0.2, 0.25) is 0 Å². The molecular formula is C28H34ClNO5. The van der Waals surface area contributed by atoms with Crippen LogP contribution < -0.4 is 5.32 Å². The van der Waals surface area contributed by atoms with Crippen LogP contribution in [0.3, 0.4) is 0 Å². The largest absolute Gasteiger partial charge is 0.496 e. The first-order valence-corrected chi connectivity index (χ1v) is 12.4. The van der Waals surface area contributed by atoms with Crippen molar-refractivity contribution >= 4 is 23.7 Å². The molecule has 1 aliphatic carbocycles. The Labute approximate surface area is 212 Å². The number of alkyl halides is 1. The van der Waals surface area contributed by atoms with Crippen LogP contribution in [-0.4, -0.2) is 29.6 Å². The molecule has 1 amide bonds. The zero-order valence-electron chi connectivity index (χ0n) is 20.6. The highest BCUT2D eigenvalue weighted by atomic mass is 35.5. The molecule has 3 rings (SSSR count). The maximum Gasteiger partial charge on any atom is 0.408 e. The van der Waals surface area contributed by atoms with E-state index in [1.807, 2.05) is 60.7 Å². The lowest BCUT2D eigenvalue weighted by Gasteiger charge is -2.26. The summed E-state index contributed by atoms with van der Waals surface area (Å²) in [5.74, 6) is -0.238. The van der Waals surface area contributed by atoms with Crippen LogP contribution in [0.5, 0.6) is 0 Å². The van der Waals surface area contributed by atoms with Crippen LogP contribution in [0.1, 0.15) is 51.2 Å². The minimum atomic E-state index is -0.878. The number of carbonyl (C=O) groups is 2. The second-order valence-electron chi connectivity index (χ2n) is 9.85. The number of allylic oxidation sites excluding steroid dienone is 1. The monoisotopic (exact) mass is 499 g/mol. The molecule has 2 aromatic rings. The Morgan fingerprint density at radius 1 is 1.00 bits per heavy atom. The molecule has 7 heteroatoms. The number of ether oxygens (including phenoxy) is 3. The molecule has 0 aromatic heterocycles. The smallest absolute Gasteiger partial charge is 0.408 e. The molecule has 0 saturated heterocycles. The molecule has 0 spiro atoms. The molecule has 1 atom stereocenters. The number of nitrogens with one attached hydrogen (secondary N) is 1. The van der Waals surface area contributed by atoms with Crippen molar-refractivity contribution in [2.75, 3.05) is 5.88 Å². The molecule has 1 aliphatic rings. The maximum absolute atomic E-state index is 13.1. The second kappa shape index (κ2) is 12.1. The number of halogens is 1. The van der Waals surface area contributed by atoms with E-state index in [0.29, 0.717) is 13.0 Å². The molecule has 1 saturated carbocycles. The third-order valence-electron chi connectivity index (χ3n) is 5.79. The predicted molar refractivity (Wildman–Crippen MR) is 136 cm³/mol. The maximum atomic E-state index is 13.1. The molecule has 1 fully saturated rings. The van der Waals surface area contributed by atoms with Gasteiger partial charge in [-0.3, -0.25) is 0 Å². The van der Waals surface area contributed by atoms with Crippen LogP contribution in [0.15, 0.2) is 72.5 Å². The highest BCUT2D eigenvalue weighted by Crippen LogP contribution is 2.55. The fraction of sp³-hybridized carbons (Fsp3) is 0.429. The zero-order valence-corrected chi connectivity index (χ0v) is 21.3. The SMILES string of the molecule is CC(C)(C)OC(=O)N[C@@H](CC1(/C(=C/OCc2ccccc2)CCl)CC1)C(=O)OCc1ccccc1. The highest BCUT2D eigenvalue weighted by molar-refractivity contribution is 6.19. The highest BCUT2D eigenvalue weighted by Gasteiger charge is 2.49. The number of hydrogen-bond acceptors (Lipinski definition) is 5. The quantitative estimate of drug-likeness (QED) is 0.228. The third-order valence-corrected chi connectivity index (χ3v) is 6.08. The number of amides is 1. The Morgan fingerprint density at radius 2 is 1.57 bits per heavy atom. The first-order chi connectivity index (χ1) is 16.7. The third kappa shape index (κ3) is 8.62. The molecule has 35 heavy (non-hydrogen) atoms. The van der Waals surface area contributed by atoms with Gasteiger partial charge in [0.25, 0.3) is 0 Å². The Hall–Kier alpha value is -2.99. The summed E-state index contributed by atoms with van der Waals surface area (Å²) in [6.07, 6.45) is 3.09. The molecule has 0 heterocycles. The Bertz CT molecular complexity index is 997. The first kappa shape index (κ1) is 26.6. The van der Waals surface area contributed by atoms with E-state index in [2.05, 4.69) is 5.32 Å². The normalized spacial score (nSPS) is 15.6. The van der Waals surface area contributed by atoms with Gasteiger partial charge in [-0.2, -0.15) is 0 Å². The van der Waals surface area contributed by atoms with Crippen LogP contribution in [0, 0.1) is 5.41 Å². The van der Waals surface area contributed by atoms with Crippen molar-refractivity contribution in [3.05, 3.63) is 83.6 Å². The fourth-order valence-corrected chi connectivity index (χ4v) is 4.13. The summed E-state index contributed by atoms with van der Waals surface area (Å²) in [5, 5.41) is 2.72. The van der Waals surface area contributed by atoms with Gasteiger partial charge in [-0.15, -0.1) is 11.6 Å². The summed E-state index contributed by atoms with van der Waals surface area (Å²) < 4.78 is 16.8. The summed E-state index contributed by atoms with van der Waals surface area (Å²) in [7, 11) is 0. The lowest BCUT2D eigenvalue weighted by molar-refractivity contribution is -0.148. The molecular weight excluding hydrogens is 466 g/mol. The summed E-state index contributed by atoms with van der Waals surface area (Å²) in [6.45, 7) is 5.87. The second-order valence-corrected chi connectivity index (χ2v) is 10.1. The van der Waals surface area contributed by atoms with Crippen molar-refractivity contribution < 1.29 is 23.8 Å². The number of carbonyl (C=O) groups excluding carboxylic acids is 2. The Balaban J connectivity index is 1.69. The van der Waals surface area contributed by atoms with Crippen LogP contribution in [0.25, 0.3) is 0 Å². The minimum absolute atomic E-state index is 0.123. The number of hydrogen-bond donors (Lipinski definition) is 1. The van der Waals surface area contributed by atoms with E-state index in [1.54, 1.807) is 27.0 Å². The van der Waals surface area contributed by atoms with Crippen LogP contribution >= 0.6 is 11.6 Å². The topological polar surface area (TPSA) is 73.9 Å². The van der Waals surface area contributed by atoms with E-state index in [1.165, 1.54) is 0 Å². The molecule has 0 radical (unpaired) electrons. The summed E-state index contributed by atoms with van der Waals surface area (Å²) >= 11 is 6.29. The Kier molecular flexibility index (Phi) is 9.21. The molecule has 0 aliphatic heterocycles. The fourth-order valence-electron chi connectivity index (χ4n) is 3.78. The van der Waals surface area contributed by atoms with Gasteiger partial charge in [0.15, 0.2) is 0 Å². The van der Waals surface area contributed by atoms with Gasteiger partial charge in [0.05, 0.1) is 6.26 Å². The van der Waals surface area contributed by atoms with Gasteiger partial charge in [0.2, 0.25) is 0 Å². The van der Waals surface area contributed by atoms with E-state index in [9.17, 15) is 9.59 Å². The van der Waals surface area contributed by atoms with E-state index in [-0.39, 0.29) is 17.9 Å². The van der Waals surface area contributed by atoms with E-state index >= 15 is 0 Å². The van der Waals surface area contributed by atoms with Gasteiger partial charge in [-0.25, -0.2) is 9.59 Å². The van der Waals surface area contributed by atoms with Gasteiger partial charge in [-0.1, -0.05) is 60.7 Å². The lowest BCUT2D eigenvalue weighted by atomic mass is 9.90. The number of alkyl carbamates (subject to hydrolysis) is 1. The average molecular weight is 500 g/mol. The van der Waals surface area contributed by atoms with Crippen molar-refractivity contribution in [1.29, 1.82) is 0 Å². The zero-order chi connectivity index (χ0) is 25.3. The lowest BCUT2D eigenvalue weighted by Crippen LogP contribution is -2.45. The average Bonchev–Trinajstić information content (AvgIpc) is 3.60. The van der Waals surface area contributed by atoms with Crippen molar-refractivity contribution in [3.63, 3.8) is 0 Å². The van der Waals surface area contributed by atoms with Crippen molar-refractivity contribution in [1.82, 2.24) is 5.32 Å². The van der Waals surface area contributed by atoms with Crippen molar-refractivity contribution in [3.8, 4) is 0 Å². The summed E-state index contributed by atoms with van der Waals surface area (Å²) in [6, 6.07) is 18.4. The van der Waals surface area contributed by atoms with Gasteiger partial charge in [-0.05, 0) is 62.1 Å². The van der Waals surface area contributed by atoms with Crippen LogP contribution in [-0.2, 0) is 32.2 Å². The van der Waals surface area contributed by atoms with E-state index < -0.39 is 23.7 Å². The summed E-state index contributed by atoms with van der Waals surface area (Å²) in [5.41, 5.74) is 1.81. The summed E-state index contributed by atoms with van der Waals surface area (Å²) in [4.78, 5) is 25.6. The molecule has 1 N–H and O–H groups in total. The van der Waals surface area contributed by atoms with Gasteiger partial charge in [0.1, 0.15) is 24.9 Å². The van der Waals surface area contributed by atoms with Gasteiger partial charge in [0, 0.05) is 5.88 Å². The van der Waals surface area contributed by atoms with Gasteiger partial charge < -0.3 is 19.5 Å². The standard InChI is InChI=1S/C28H34ClNO5/c1-27(2,3)35-26(32)30-24(25(31)34-19-22-12-8-5-9-13-22)16-28(14-15-28)23(17-29)20-33-18-21-10-6-4-7-11-21/h4-13,20,24H,14-19H2,1-3H3,(H,30,32)/b23-20+/t24-/m0/s1.